The van der Waals surface area contributed by atoms with E-state index >= 15 is 0 Å². The van der Waals surface area contributed by atoms with Crippen LogP contribution in [0.15, 0.2) is 17.8 Å². The first-order valence-electron chi connectivity index (χ1n) is 9.51. The van der Waals surface area contributed by atoms with Crippen LogP contribution in [-0.2, 0) is 9.59 Å². The van der Waals surface area contributed by atoms with Gasteiger partial charge in [0.05, 0.1) is 17.2 Å². The van der Waals surface area contributed by atoms with E-state index in [0.717, 1.165) is 41.8 Å². The third kappa shape index (κ3) is 3.50. The maximum Gasteiger partial charge on any atom is 0.308 e. The number of aromatic nitrogens is 2. The number of amides is 1. The number of thiophene rings is 1. The predicted octanol–water partition coefficient (Wildman–Crippen LogP) is 2.62. The average Bonchev–Trinajstić information content (AvgIpc) is 3.16. The molecule has 2 aromatic rings. The Bertz CT molecular complexity index is 854. The molecule has 2 aromatic heterocycles. The third-order valence-corrected chi connectivity index (χ3v) is 6.65. The van der Waals surface area contributed by atoms with Crippen molar-refractivity contribution in [3.8, 4) is 0 Å². The summed E-state index contributed by atoms with van der Waals surface area (Å²) >= 11 is 1.59. The van der Waals surface area contributed by atoms with Gasteiger partial charge in [-0.2, -0.15) is 0 Å². The van der Waals surface area contributed by atoms with Gasteiger partial charge in [-0.05, 0) is 44.1 Å². The number of nitrogens with zero attached hydrogens (tertiary/aromatic N) is 4. The molecule has 7 nitrogen and oxygen atoms in total. The van der Waals surface area contributed by atoms with Crippen LogP contribution in [0, 0.1) is 11.8 Å². The number of likely N-dealkylation sites (tertiary alicyclic amines) is 1. The van der Waals surface area contributed by atoms with Crippen molar-refractivity contribution in [2.24, 2.45) is 11.8 Å². The molecule has 1 amide bonds. The molecule has 4 heterocycles. The van der Waals surface area contributed by atoms with Gasteiger partial charge >= 0.3 is 5.97 Å². The van der Waals surface area contributed by atoms with E-state index < -0.39 is 11.9 Å². The summed E-state index contributed by atoms with van der Waals surface area (Å²) in [6.45, 7) is 3.85. The fourth-order valence-corrected chi connectivity index (χ4v) is 4.98. The summed E-state index contributed by atoms with van der Waals surface area (Å²) < 4.78 is 0. The number of hydrogen-bond donors (Lipinski definition) is 1. The Kier molecular flexibility index (Phi) is 4.99. The maximum absolute atomic E-state index is 13.2. The second kappa shape index (κ2) is 7.42. The molecule has 27 heavy (non-hydrogen) atoms. The second-order valence-electron chi connectivity index (χ2n) is 7.57. The summed E-state index contributed by atoms with van der Waals surface area (Å²) in [5, 5.41) is 12.4. The first kappa shape index (κ1) is 18.2. The van der Waals surface area contributed by atoms with Gasteiger partial charge in [0.25, 0.3) is 0 Å². The molecule has 0 spiro atoms. The third-order valence-electron chi connectivity index (χ3n) is 5.83. The fourth-order valence-electron chi connectivity index (χ4n) is 4.25. The molecular formula is C19H24N4O3S. The highest BCUT2D eigenvalue weighted by molar-refractivity contribution is 7.16. The van der Waals surface area contributed by atoms with Crippen LogP contribution in [-0.4, -0.2) is 57.5 Å². The molecule has 3 atom stereocenters. The second-order valence-corrected chi connectivity index (χ2v) is 8.47. The molecule has 0 bridgehead atoms. The zero-order valence-corrected chi connectivity index (χ0v) is 16.2. The number of carboxylic acid groups (broad SMARTS) is 1. The summed E-state index contributed by atoms with van der Waals surface area (Å²) in [6, 6.07) is 2.14. The number of fused-ring (bicyclic) bond motifs is 1. The van der Waals surface area contributed by atoms with E-state index in [1.54, 1.807) is 22.6 Å². The first-order valence-corrected chi connectivity index (χ1v) is 10.4. The number of carbonyl (C=O) groups excluding carboxylic acids is 1. The summed E-state index contributed by atoms with van der Waals surface area (Å²) in [7, 11) is 0. The lowest BCUT2D eigenvalue weighted by molar-refractivity contribution is -0.148. The molecule has 2 aliphatic heterocycles. The van der Waals surface area contributed by atoms with E-state index in [1.807, 2.05) is 18.4 Å². The van der Waals surface area contributed by atoms with Crippen LogP contribution in [0.3, 0.4) is 0 Å². The van der Waals surface area contributed by atoms with Crippen LogP contribution in [0.2, 0.25) is 0 Å². The number of aliphatic carboxylic acids is 1. The quantitative estimate of drug-likeness (QED) is 0.870. The van der Waals surface area contributed by atoms with Crippen LogP contribution in [0.5, 0.6) is 0 Å². The van der Waals surface area contributed by atoms with Crippen molar-refractivity contribution >= 4 is 39.2 Å². The van der Waals surface area contributed by atoms with Crippen LogP contribution in [0.25, 0.3) is 10.2 Å². The fraction of sp³-hybridized carbons (Fsp3) is 0.579. The average molecular weight is 388 g/mol. The molecule has 4 rings (SSSR count). The zero-order valence-electron chi connectivity index (χ0n) is 15.4. The Labute approximate surface area is 162 Å². The largest absolute Gasteiger partial charge is 0.481 e. The van der Waals surface area contributed by atoms with Crippen molar-refractivity contribution in [1.82, 2.24) is 14.9 Å². The van der Waals surface area contributed by atoms with Crippen LogP contribution < -0.4 is 4.90 Å². The number of anilines is 1. The van der Waals surface area contributed by atoms with E-state index in [9.17, 15) is 14.7 Å². The molecule has 0 aromatic carbocycles. The zero-order chi connectivity index (χ0) is 19.0. The van der Waals surface area contributed by atoms with Crippen molar-refractivity contribution in [3.63, 3.8) is 0 Å². The Morgan fingerprint density at radius 1 is 1.19 bits per heavy atom. The summed E-state index contributed by atoms with van der Waals surface area (Å²) in [5.41, 5.74) is 0. The maximum atomic E-state index is 13.2. The smallest absolute Gasteiger partial charge is 0.308 e. The van der Waals surface area contributed by atoms with Crippen molar-refractivity contribution in [2.75, 3.05) is 24.5 Å². The summed E-state index contributed by atoms with van der Waals surface area (Å²) in [5.74, 6) is -0.372. The Morgan fingerprint density at radius 2 is 2.04 bits per heavy atom. The standard InChI is InChI=1S/C19H24N4O3S/c1-12-4-5-14(19(25)26)10-23(12)18(24)13-3-2-7-22(9-13)16-15-6-8-27-17(15)21-11-20-16/h6,8,11-14H,2-5,7,9-10H2,1H3,(H,25,26). The normalized spacial score (nSPS) is 26.3. The van der Waals surface area contributed by atoms with Gasteiger partial charge < -0.3 is 14.9 Å². The van der Waals surface area contributed by atoms with Crippen LogP contribution in [0.1, 0.15) is 32.6 Å². The van der Waals surface area contributed by atoms with E-state index in [2.05, 4.69) is 14.9 Å². The van der Waals surface area contributed by atoms with Gasteiger partial charge in [0, 0.05) is 25.7 Å². The number of piperidine rings is 2. The summed E-state index contributed by atoms with van der Waals surface area (Å²) in [6.07, 6.45) is 4.75. The molecule has 0 radical (unpaired) electrons. The number of rotatable bonds is 3. The van der Waals surface area contributed by atoms with E-state index in [1.165, 1.54) is 0 Å². The van der Waals surface area contributed by atoms with Gasteiger partial charge in [-0.3, -0.25) is 9.59 Å². The lowest BCUT2D eigenvalue weighted by Gasteiger charge is -2.41. The first-order chi connectivity index (χ1) is 13.0. The SMILES string of the molecule is CC1CCC(C(=O)O)CN1C(=O)C1CCCN(c2ncnc3sccc23)C1. The van der Waals surface area contributed by atoms with Gasteiger partial charge in [0.2, 0.25) is 5.91 Å². The van der Waals surface area contributed by atoms with E-state index in [4.69, 9.17) is 0 Å². The molecule has 2 fully saturated rings. The molecule has 144 valence electrons. The van der Waals surface area contributed by atoms with Gasteiger partial charge in [0.15, 0.2) is 0 Å². The van der Waals surface area contributed by atoms with E-state index in [-0.39, 0.29) is 17.9 Å². The highest BCUT2D eigenvalue weighted by Crippen LogP contribution is 2.31. The highest BCUT2D eigenvalue weighted by Gasteiger charge is 2.37. The molecule has 2 aliphatic rings. The minimum atomic E-state index is -0.800. The molecule has 1 N–H and O–H groups in total. The molecule has 0 aliphatic carbocycles. The van der Waals surface area contributed by atoms with E-state index in [0.29, 0.717) is 19.5 Å². The van der Waals surface area contributed by atoms with Crippen molar-refractivity contribution < 1.29 is 14.7 Å². The van der Waals surface area contributed by atoms with Gasteiger partial charge in [-0.1, -0.05) is 0 Å². The molecular weight excluding hydrogens is 364 g/mol. The molecule has 8 heteroatoms. The monoisotopic (exact) mass is 388 g/mol. The lowest BCUT2D eigenvalue weighted by atomic mass is 9.90. The number of hydrogen-bond acceptors (Lipinski definition) is 6. The number of carboxylic acids is 1. The molecule has 3 unspecified atom stereocenters. The van der Waals surface area contributed by atoms with Crippen LogP contribution in [0.4, 0.5) is 5.82 Å². The minimum absolute atomic E-state index is 0.0915. The Morgan fingerprint density at radius 3 is 2.85 bits per heavy atom. The highest BCUT2D eigenvalue weighted by atomic mass is 32.1. The molecule has 0 saturated carbocycles. The predicted molar refractivity (Wildman–Crippen MR) is 104 cm³/mol. The molecule has 2 saturated heterocycles. The van der Waals surface area contributed by atoms with Gasteiger partial charge in [-0.15, -0.1) is 11.3 Å². The van der Waals surface area contributed by atoms with Crippen LogP contribution >= 0.6 is 11.3 Å². The van der Waals surface area contributed by atoms with Crippen molar-refractivity contribution in [2.45, 2.75) is 38.6 Å². The summed E-state index contributed by atoms with van der Waals surface area (Å²) in [4.78, 5) is 38.3. The lowest BCUT2D eigenvalue weighted by Crippen LogP contribution is -2.52. The van der Waals surface area contributed by atoms with Crippen molar-refractivity contribution in [3.05, 3.63) is 17.8 Å². The van der Waals surface area contributed by atoms with Gasteiger partial charge in [0.1, 0.15) is 17.0 Å². The topological polar surface area (TPSA) is 86.6 Å². The Hall–Kier alpha value is -2.22. The van der Waals surface area contributed by atoms with Crippen molar-refractivity contribution in [1.29, 1.82) is 0 Å². The number of carbonyl (C=O) groups is 2. The van der Waals surface area contributed by atoms with Gasteiger partial charge in [-0.25, -0.2) is 9.97 Å². The minimum Gasteiger partial charge on any atom is -0.481 e. The Balaban J connectivity index is 1.51.